The second-order valence-corrected chi connectivity index (χ2v) is 5.96. The largest absolute Gasteiger partial charge is 0.393 e. The van der Waals surface area contributed by atoms with Crippen LogP contribution in [0.5, 0.6) is 0 Å². The number of piperidine rings is 1. The third-order valence-electron chi connectivity index (χ3n) is 3.56. The molecule has 1 aromatic rings. The molecule has 0 spiro atoms. The van der Waals surface area contributed by atoms with E-state index in [2.05, 4.69) is 15.9 Å². The van der Waals surface area contributed by atoms with Crippen molar-refractivity contribution in [1.82, 2.24) is 0 Å². The van der Waals surface area contributed by atoms with Gasteiger partial charge in [-0.05, 0) is 38.0 Å². The number of anilines is 1. The molecule has 1 saturated heterocycles. The van der Waals surface area contributed by atoms with E-state index in [1.165, 1.54) is 6.92 Å². The molecule has 2 nitrogen and oxygen atoms in total. The first-order valence-corrected chi connectivity index (χ1v) is 7.20. The van der Waals surface area contributed by atoms with Gasteiger partial charge < -0.3 is 4.90 Å². The zero-order valence-corrected chi connectivity index (χ0v) is 12.6. The Labute approximate surface area is 124 Å². The number of halogens is 4. The zero-order chi connectivity index (χ0) is 14.9. The number of hydrogen-bond acceptors (Lipinski definition) is 2. The normalized spacial score (nSPS) is 20.1. The van der Waals surface area contributed by atoms with Crippen molar-refractivity contribution in [2.45, 2.75) is 25.9 Å². The molecule has 0 radical (unpaired) electrons. The molecule has 1 aromatic carbocycles. The maximum Gasteiger partial charge on any atom is 0.393 e. The van der Waals surface area contributed by atoms with E-state index in [-0.39, 0.29) is 18.7 Å². The van der Waals surface area contributed by atoms with Crippen LogP contribution in [0.15, 0.2) is 22.7 Å². The van der Waals surface area contributed by atoms with Crippen LogP contribution in [0.3, 0.4) is 0 Å². The van der Waals surface area contributed by atoms with Crippen LogP contribution in [0, 0.1) is 5.92 Å². The molecule has 1 atom stereocenters. The third kappa shape index (κ3) is 3.34. The van der Waals surface area contributed by atoms with Gasteiger partial charge in [0.2, 0.25) is 0 Å². The highest BCUT2D eigenvalue weighted by Crippen LogP contribution is 2.36. The van der Waals surface area contributed by atoms with Crippen LogP contribution >= 0.6 is 15.9 Å². The number of ketones is 1. The number of benzene rings is 1. The van der Waals surface area contributed by atoms with E-state index in [4.69, 9.17) is 0 Å². The summed E-state index contributed by atoms with van der Waals surface area (Å²) in [6.45, 7) is 1.90. The molecule has 0 bridgehead atoms. The second kappa shape index (κ2) is 5.76. The number of nitrogens with zero attached hydrogens (tertiary/aromatic N) is 1. The van der Waals surface area contributed by atoms with Crippen LogP contribution in [0.2, 0.25) is 0 Å². The summed E-state index contributed by atoms with van der Waals surface area (Å²) in [6, 6.07) is 5.12. The lowest BCUT2D eigenvalue weighted by Gasteiger charge is -2.36. The molecule has 0 aromatic heterocycles. The lowest BCUT2D eigenvalue weighted by molar-refractivity contribution is -0.175. The smallest absolute Gasteiger partial charge is 0.370 e. The number of carbonyl (C=O) groups is 1. The standard InChI is InChI=1S/C14H15BrF3NO/c1-9(20)12-7-11(15)4-5-13(12)19-6-2-3-10(8-19)14(16,17)18/h4-5,7,10H,2-3,6,8H2,1H3. The van der Waals surface area contributed by atoms with Gasteiger partial charge in [0.1, 0.15) is 0 Å². The van der Waals surface area contributed by atoms with Crippen molar-refractivity contribution in [3.8, 4) is 0 Å². The van der Waals surface area contributed by atoms with Crippen molar-refractivity contribution in [2.75, 3.05) is 18.0 Å². The van der Waals surface area contributed by atoms with Gasteiger partial charge in [0.15, 0.2) is 5.78 Å². The highest BCUT2D eigenvalue weighted by molar-refractivity contribution is 9.10. The van der Waals surface area contributed by atoms with E-state index in [1.807, 2.05) is 0 Å². The van der Waals surface area contributed by atoms with Gasteiger partial charge in [-0.25, -0.2) is 0 Å². The summed E-state index contributed by atoms with van der Waals surface area (Å²) in [4.78, 5) is 13.3. The van der Waals surface area contributed by atoms with Gasteiger partial charge in [-0.15, -0.1) is 0 Å². The molecule has 2 rings (SSSR count). The van der Waals surface area contributed by atoms with Crippen molar-refractivity contribution >= 4 is 27.4 Å². The van der Waals surface area contributed by atoms with Gasteiger partial charge in [-0.1, -0.05) is 15.9 Å². The molecule has 1 heterocycles. The summed E-state index contributed by atoms with van der Waals surface area (Å²) in [6.07, 6.45) is -3.53. The molecule has 0 amide bonds. The Kier molecular flexibility index (Phi) is 4.42. The quantitative estimate of drug-likeness (QED) is 0.736. The topological polar surface area (TPSA) is 20.3 Å². The fraction of sp³-hybridized carbons (Fsp3) is 0.500. The summed E-state index contributed by atoms with van der Waals surface area (Å²) in [5.41, 5.74) is 1.05. The van der Waals surface area contributed by atoms with E-state index >= 15 is 0 Å². The lowest BCUT2D eigenvalue weighted by Crippen LogP contribution is -2.42. The number of Topliss-reactive ketones (excluding diaryl/α,β-unsaturated/α-hetero) is 1. The summed E-state index contributed by atoms with van der Waals surface area (Å²) in [5.74, 6) is -1.46. The molecular formula is C14H15BrF3NO. The maximum absolute atomic E-state index is 12.9. The van der Waals surface area contributed by atoms with Gasteiger partial charge in [0.25, 0.3) is 0 Å². The Morgan fingerprint density at radius 1 is 1.40 bits per heavy atom. The molecule has 0 N–H and O–H groups in total. The van der Waals surface area contributed by atoms with E-state index in [0.717, 1.165) is 4.47 Å². The van der Waals surface area contributed by atoms with Crippen LogP contribution in [-0.4, -0.2) is 25.0 Å². The van der Waals surface area contributed by atoms with Gasteiger partial charge in [0, 0.05) is 28.8 Å². The van der Waals surface area contributed by atoms with Crippen molar-refractivity contribution in [3.63, 3.8) is 0 Å². The molecular weight excluding hydrogens is 335 g/mol. The molecule has 1 fully saturated rings. The summed E-state index contributed by atoms with van der Waals surface area (Å²) in [5, 5.41) is 0. The van der Waals surface area contributed by atoms with E-state index in [0.29, 0.717) is 24.2 Å². The predicted octanol–water partition coefficient (Wildman–Crippen LogP) is 4.43. The van der Waals surface area contributed by atoms with Crippen LogP contribution in [0.25, 0.3) is 0 Å². The highest BCUT2D eigenvalue weighted by Gasteiger charge is 2.42. The first-order valence-electron chi connectivity index (χ1n) is 6.41. The average Bonchev–Trinajstić information content (AvgIpc) is 2.37. The minimum atomic E-state index is -4.18. The van der Waals surface area contributed by atoms with Crippen molar-refractivity contribution < 1.29 is 18.0 Å². The molecule has 20 heavy (non-hydrogen) atoms. The lowest BCUT2D eigenvalue weighted by atomic mass is 9.96. The Hall–Kier alpha value is -1.04. The summed E-state index contributed by atoms with van der Waals surface area (Å²) < 4.78 is 39.3. The Bertz CT molecular complexity index is 516. The molecule has 1 unspecified atom stereocenters. The van der Waals surface area contributed by atoms with Crippen molar-refractivity contribution in [3.05, 3.63) is 28.2 Å². The monoisotopic (exact) mass is 349 g/mol. The number of hydrogen-bond donors (Lipinski definition) is 0. The van der Waals surface area contributed by atoms with E-state index in [9.17, 15) is 18.0 Å². The molecule has 1 aliphatic heterocycles. The second-order valence-electron chi connectivity index (χ2n) is 5.04. The maximum atomic E-state index is 12.9. The van der Waals surface area contributed by atoms with Crippen LogP contribution < -0.4 is 4.90 Å². The molecule has 110 valence electrons. The Morgan fingerprint density at radius 2 is 2.10 bits per heavy atom. The van der Waals surface area contributed by atoms with Gasteiger partial charge in [-0.3, -0.25) is 4.79 Å². The van der Waals surface area contributed by atoms with Crippen molar-refractivity contribution in [1.29, 1.82) is 0 Å². The van der Waals surface area contributed by atoms with Crippen LogP contribution in [0.4, 0.5) is 18.9 Å². The van der Waals surface area contributed by atoms with E-state index in [1.54, 1.807) is 23.1 Å². The minimum absolute atomic E-state index is 0.0780. The summed E-state index contributed by atoms with van der Waals surface area (Å²) in [7, 11) is 0. The molecule has 0 aliphatic carbocycles. The molecule has 6 heteroatoms. The Balaban J connectivity index is 2.29. The van der Waals surface area contributed by atoms with Crippen molar-refractivity contribution in [2.24, 2.45) is 5.92 Å². The summed E-state index contributed by atoms with van der Waals surface area (Å²) >= 11 is 3.28. The minimum Gasteiger partial charge on any atom is -0.370 e. The van der Waals surface area contributed by atoms with E-state index < -0.39 is 12.1 Å². The van der Waals surface area contributed by atoms with Gasteiger partial charge >= 0.3 is 6.18 Å². The average molecular weight is 350 g/mol. The SMILES string of the molecule is CC(=O)c1cc(Br)ccc1N1CCCC(C(F)(F)F)C1. The van der Waals surface area contributed by atoms with Crippen LogP contribution in [-0.2, 0) is 0 Å². The first kappa shape index (κ1) is 15.4. The number of alkyl halides is 3. The molecule has 0 saturated carbocycles. The first-order chi connectivity index (χ1) is 9.29. The van der Waals surface area contributed by atoms with Gasteiger partial charge in [-0.2, -0.15) is 13.2 Å². The van der Waals surface area contributed by atoms with Gasteiger partial charge in [0.05, 0.1) is 5.92 Å². The van der Waals surface area contributed by atoms with Crippen LogP contribution in [0.1, 0.15) is 30.1 Å². The number of carbonyl (C=O) groups excluding carboxylic acids is 1. The molecule has 1 aliphatic rings. The highest BCUT2D eigenvalue weighted by atomic mass is 79.9. The third-order valence-corrected chi connectivity index (χ3v) is 4.06. The fourth-order valence-electron chi connectivity index (χ4n) is 2.53. The fourth-order valence-corrected chi connectivity index (χ4v) is 2.89. The zero-order valence-electron chi connectivity index (χ0n) is 11.0. The predicted molar refractivity (Wildman–Crippen MR) is 75.1 cm³/mol. The Morgan fingerprint density at radius 3 is 2.70 bits per heavy atom. The number of rotatable bonds is 2.